The number of carbonyl (C=O) groups excluding carboxylic acids is 3. The van der Waals surface area contributed by atoms with Crippen molar-refractivity contribution in [1.82, 2.24) is 20.0 Å². The van der Waals surface area contributed by atoms with E-state index in [1.54, 1.807) is 4.90 Å². The van der Waals surface area contributed by atoms with Crippen molar-refractivity contribution in [2.24, 2.45) is 5.92 Å². The van der Waals surface area contributed by atoms with Crippen LogP contribution in [0.25, 0.3) is 0 Å². The van der Waals surface area contributed by atoms with Crippen LogP contribution in [0.2, 0.25) is 0 Å². The maximum Gasteiger partial charge on any atom is 0.240 e. The molecule has 2 aromatic carbocycles. The molecule has 43 heavy (non-hydrogen) atoms. The van der Waals surface area contributed by atoms with E-state index in [4.69, 9.17) is 0 Å². The third kappa shape index (κ3) is 8.95. The highest BCUT2D eigenvalue weighted by atomic mass is 32.2. The molecule has 11 heteroatoms. The summed E-state index contributed by atoms with van der Waals surface area (Å²) < 4.78 is 0. The second-order valence-electron chi connectivity index (χ2n) is 11.2. The van der Waals surface area contributed by atoms with Gasteiger partial charge in [0, 0.05) is 70.2 Å². The average Bonchev–Trinajstić information content (AvgIpc) is 3.34. The summed E-state index contributed by atoms with van der Waals surface area (Å²) in [6.45, 7) is 9.87. The summed E-state index contributed by atoms with van der Waals surface area (Å²) in [5.74, 6) is -1.32. The maximum absolute atomic E-state index is 13.2. The molecule has 2 aromatic rings. The molecule has 0 spiro atoms. The number of nitrogens with zero attached hydrogens (tertiary/aromatic N) is 4. The average molecular weight is 606 g/mol. The zero-order valence-corrected chi connectivity index (χ0v) is 26.1. The van der Waals surface area contributed by atoms with Crippen molar-refractivity contribution < 1.29 is 14.4 Å². The van der Waals surface area contributed by atoms with Gasteiger partial charge in [-0.15, -0.1) is 11.8 Å². The van der Waals surface area contributed by atoms with E-state index in [0.717, 1.165) is 49.7 Å². The Kier molecular flexibility index (Phi) is 11.8. The summed E-state index contributed by atoms with van der Waals surface area (Å²) in [6.07, 6.45) is 0.452. The van der Waals surface area contributed by atoms with Gasteiger partial charge < -0.3 is 30.7 Å². The summed E-state index contributed by atoms with van der Waals surface area (Å²) in [6, 6.07) is 19.5. The number of hydrogen-bond acceptors (Lipinski definition) is 8. The van der Waals surface area contributed by atoms with Crippen LogP contribution in [0, 0.1) is 17.2 Å². The first-order valence-corrected chi connectivity index (χ1v) is 16.0. The molecule has 2 heterocycles. The zero-order valence-electron chi connectivity index (χ0n) is 25.3. The van der Waals surface area contributed by atoms with Crippen LogP contribution in [-0.4, -0.2) is 102 Å². The third-order valence-electron chi connectivity index (χ3n) is 8.08. The largest absolute Gasteiger partial charge is 0.383 e. The summed E-state index contributed by atoms with van der Waals surface area (Å²) in [4.78, 5) is 44.9. The molecule has 4 rings (SSSR count). The molecular formula is C32H43N7O3S. The molecule has 3 unspecified atom stereocenters. The molecule has 2 aliphatic rings. The van der Waals surface area contributed by atoms with Gasteiger partial charge in [0.25, 0.3) is 0 Å². The van der Waals surface area contributed by atoms with E-state index in [2.05, 4.69) is 38.9 Å². The fourth-order valence-electron chi connectivity index (χ4n) is 5.29. The number of benzene rings is 2. The van der Waals surface area contributed by atoms with Crippen LogP contribution in [0.15, 0.2) is 54.6 Å². The second kappa shape index (κ2) is 15.8. The van der Waals surface area contributed by atoms with Gasteiger partial charge in [-0.3, -0.25) is 14.4 Å². The summed E-state index contributed by atoms with van der Waals surface area (Å²) >= 11 is 1.36. The third-order valence-corrected chi connectivity index (χ3v) is 9.58. The fourth-order valence-corrected chi connectivity index (χ4v) is 6.80. The Hall–Kier alpha value is -3.59. The minimum atomic E-state index is -0.971. The first-order chi connectivity index (χ1) is 20.8. The lowest BCUT2D eigenvalue weighted by atomic mass is 10.0. The first-order valence-electron chi connectivity index (χ1n) is 15.0. The van der Waals surface area contributed by atoms with Crippen molar-refractivity contribution in [3.8, 4) is 6.07 Å². The minimum Gasteiger partial charge on any atom is -0.383 e. The van der Waals surface area contributed by atoms with Gasteiger partial charge in [0.2, 0.25) is 17.7 Å². The number of piperazine rings is 1. The van der Waals surface area contributed by atoms with Crippen molar-refractivity contribution in [3.05, 3.63) is 60.2 Å². The summed E-state index contributed by atoms with van der Waals surface area (Å²) in [5, 5.41) is 18.1. The smallest absolute Gasteiger partial charge is 0.240 e. The van der Waals surface area contributed by atoms with E-state index in [1.165, 1.54) is 11.8 Å². The predicted molar refractivity (Wildman–Crippen MR) is 172 cm³/mol. The van der Waals surface area contributed by atoms with Crippen molar-refractivity contribution >= 4 is 40.9 Å². The highest BCUT2D eigenvalue weighted by Crippen LogP contribution is 2.36. The zero-order chi connectivity index (χ0) is 30.8. The molecule has 230 valence electrons. The summed E-state index contributed by atoms with van der Waals surface area (Å²) in [5.41, 5.74) is 2.65. The van der Waals surface area contributed by atoms with Crippen LogP contribution in [-0.2, 0) is 14.4 Å². The molecule has 4 atom stereocenters. The maximum atomic E-state index is 13.2. The molecule has 0 bridgehead atoms. The van der Waals surface area contributed by atoms with Crippen LogP contribution in [0.4, 0.5) is 11.4 Å². The molecule has 2 saturated heterocycles. The highest BCUT2D eigenvalue weighted by molar-refractivity contribution is 8.01. The van der Waals surface area contributed by atoms with E-state index in [-0.39, 0.29) is 23.6 Å². The van der Waals surface area contributed by atoms with Gasteiger partial charge in [-0.25, -0.2) is 0 Å². The molecule has 0 radical (unpaired) electrons. The van der Waals surface area contributed by atoms with Gasteiger partial charge in [0.05, 0.1) is 6.07 Å². The van der Waals surface area contributed by atoms with Crippen molar-refractivity contribution in [1.29, 1.82) is 5.26 Å². The number of nitrogens with one attached hydrogen (secondary N) is 3. The predicted octanol–water partition coefficient (Wildman–Crippen LogP) is 3.02. The van der Waals surface area contributed by atoms with E-state index in [0.29, 0.717) is 26.1 Å². The number of likely N-dealkylation sites (N-methyl/N-ethyl adjacent to an activating group) is 1. The second-order valence-corrected chi connectivity index (χ2v) is 12.5. The molecule has 2 fully saturated rings. The Morgan fingerprint density at radius 3 is 2.37 bits per heavy atom. The molecule has 0 aromatic heterocycles. The lowest BCUT2D eigenvalue weighted by Gasteiger charge is -2.32. The lowest BCUT2D eigenvalue weighted by Crippen LogP contribution is -2.45. The van der Waals surface area contributed by atoms with Crippen LogP contribution in [0.3, 0.4) is 0 Å². The molecule has 2 aliphatic heterocycles. The Morgan fingerprint density at radius 1 is 1.05 bits per heavy atom. The SMILES string of the molecule is CCN1C(=O)C(CNc2ccc(NC(=O)CCN3CCN(C)CC3)cc2)S[C@H]1C(C#N)C(=O)NCC(C)c1ccccc1. The first kappa shape index (κ1) is 32.3. The molecule has 0 saturated carbocycles. The molecule has 3 amide bonds. The van der Waals surface area contributed by atoms with Crippen LogP contribution in [0.5, 0.6) is 0 Å². The number of thioether (sulfide) groups is 1. The minimum absolute atomic E-state index is 0.0103. The van der Waals surface area contributed by atoms with Gasteiger partial charge in [0.1, 0.15) is 10.6 Å². The quantitative estimate of drug-likeness (QED) is 0.319. The molecule has 10 nitrogen and oxygen atoms in total. The number of amides is 3. The Morgan fingerprint density at radius 2 is 1.72 bits per heavy atom. The highest BCUT2D eigenvalue weighted by Gasteiger charge is 2.45. The summed E-state index contributed by atoms with van der Waals surface area (Å²) in [7, 11) is 2.12. The van der Waals surface area contributed by atoms with Crippen molar-refractivity contribution in [2.75, 3.05) is 70.0 Å². The topological polar surface area (TPSA) is 121 Å². The van der Waals surface area contributed by atoms with Crippen LogP contribution < -0.4 is 16.0 Å². The number of rotatable bonds is 13. The Labute approximate surface area is 259 Å². The van der Waals surface area contributed by atoms with E-state index < -0.39 is 16.5 Å². The normalized spacial score (nSPS) is 20.7. The van der Waals surface area contributed by atoms with E-state index in [9.17, 15) is 19.6 Å². The van der Waals surface area contributed by atoms with Crippen molar-refractivity contribution in [2.45, 2.75) is 36.8 Å². The van der Waals surface area contributed by atoms with Gasteiger partial charge >= 0.3 is 0 Å². The van der Waals surface area contributed by atoms with Gasteiger partial charge in [-0.2, -0.15) is 5.26 Å². The molecule has 0 aliphatic carbocycles. The van der Waals surface area contributed by atoms with Crippen LogP contribution >= 0.6 is 11.8 Å². The molecule has 3 N–H and O–H groups in total. The number of hydrogen-bond donors (Lipinski definition) is 3. The monoisotopic (exact) mass is 605 g/mol. The van der Waals surface area contributed by atoms with Crippen LogP contribution in [0.1, 0.15) is 31.7 Å². The van der Waals surface area contributed by atoms with Gasteiger partial charge in [-0.1, -0.05) is 37.3 Å². The van der Waals surface area contributed by atoms with Gasteiger partial charge in [-0.05, 0) is 49.7 Å². The molecular weight excluding hydrogens is 562 g/mol. The lowest BCUT2D eigenvalue weighted by molar-refractivity contribution is -0.131. The van der Waals surface area contributed by atoms with Gasteiger partial charge in [0.15, 0.2) is 5.92 Å². The van der Waals surface area contributed by atoms with E-state index in [1.807, 2.05) is 68.4 Å². The number of nitriles is 1. The number of anilines is 2. The van der Waals surface area contributed by atoms with E-state index >= 15 is 0 Å². The standard InChI is InChI=1S/C32H43N7O3S/c1-4-39-31(42)28(43-32(39)27(20-33)30(41)35-21-23(2)24-8-6-5-7-9-24)22-34-25-10-12-26(13-11-25)36-29(40)14-15-38-18-16-37(3)17-19-38/h5-13,23,27-28,32,34H,4,14-19,21-22H2,1-3H3,(H,35,41)(H,36,40)/t23?,27?,28?,32-/m0/s1. The number of carbonyl (C=O) groups is 3. The Bertz CT molecular complexity index is 1260. The Balaban J connectivity index is 1.25. The van der Waals surface area contributed by atoms with Crippen molar-refractivity contribution in [3.63, 3.8) is 0 Å². The fraction of sp³-hybridized carbons (Fsp3) is 0.500.